The lowest BCUT2D eigenvalue weighted by atomic mass is 10.0. The standard InChI is InChI=1S/C18H28N2O2/c1-15(2)16-5-7-17(8-6-16)20(12-9-18(21)22)14-13-19-10-3-4-11-19/h5-8,15H,3-4,9-14H2,1-2H3,(H,21,22). The van der Waals surface area contributed by atoms with Crippen molar-refractivity contribution in [1.82, 2.24) is 4.90 Å². The summed E-state index contributed by atoms with van der Waals surface area (Å²) in [4.78, 5) is 15.6. The highest BCUT2D eigenvalue weighted by atomic mass is 16.4. The van der Waals surface area contributed by atoms with Crippen molar-refractivity contribution in [1.29, 1.82) is 0 Å². The molecule has 1 aliphatic heterocycles. The molecule has 0 saturated carbocycles. The van der Waals surface area contributed by atoms with Crippen LogP contribution in [0.5, 0.6) is 0 Å². The van der Waals surface area contributed by atoms with E-state index in [2.05, 4.69) is 47.9 Å². The molecular weight excluding hydrogens is 276 g/mol. The minimum absolute atomic E-state index is 0.186. The number of anilines is 1. The smallest absolute Gasteiger partial charge is 0.305 e. The van der Waals surface area contributed by atoms with Crippen LogP contribution in [-0.2, 0) is 4.79 Å². The second kappa shape index (κ2) is 8.18. The third kappa shape index (κ3) is 5.02. The van der Waals surface area contributed by atoms with Crippen molar-refractivity contribution < 1.29 is 9.90 Å². The first kappa shape index (κ1) is 16.8. The van der Waals surface area contributed by atoms with Crippen LogP contribution in [0, 0.1) is 0 Å². The molecule has 4 heteroatoms. The molecule has 0 aromatic heterocycles. The summed E-state index contributed by atoms with van der Waals surface area (Å²) in [5, 5.41) is 8.97. The van der Waals surface area contributed by atoms with Crippen LogP contribution in [0.3, 0.4) is 0 Å². The Hall–Kier alpha value is -1.55. The molecule has 1 N–H and O–H groups in total. The van der Waals surface area contributed by atoms with Crippen LogP contribution in [0.1, 0.15) is 44.6 Å². The van der Waals surface area contributed by atoms with Crippen LogP contribution in [0.4, 0.5) is 5.69 Å². The molecule has 2 rings (SSSR count). The molecule has 0 atom stereocenters. The summed E-state index contributed by atoms with van der Waals surface area (Å²) in [5.41, 5.74) is 2.45. The zero-order chi connectivity index (χ0) is 15.9. The van der Waals surface area contributed by atoms with E-state index in [0.717, 1.165) is 18.8 Å². The molecule has 122 valence electrons. The van der Waals surface area contributed by atoms with Gasteiger partial charge >= 0.3 is 5.97 Å². The van der Waals surface area contributed by atoms with E-state index < -0.39 is 5.97 Å². The lowest BCUT2D eigenvalue weighted by molar-refractivity contribution is -0.136. The molecule has 1 aliphatic rings. The van der Waals surface area contributed by atoms with E-state index in [0.29, 0.717) is 12.5 Å². The van der Waals surface area contributed by atoms with Crippen molar-refractivity contribution in [3.05, 3.63) is 29.8 Å². The predicted molar refractivity (Wildman–Crippen MR) is 90.7 cm³/mol. The maximum absolute atomic E-state index is 10.9. The van der Waals surface area contributed by atoms with Gasteiger partial charge in [-0.05, 0) is 49.5 Å². The van der Waals surface area contributed by atoms with Gasteiger partial charge in [0.25, 0.3) is 0 Å². The Morgan fingerprint density at radius 2 is 1.82 bits per heavy atom. The van der Waals surface area contributed by atoms with E-state index in [4.69, 9.17) is 5.11 Å². The minimum atomic E-state index is -0.732. The first-order valence-electron chi connectivity index (χ1n) is 8.35. The fourth-order valence-corrected chi connectivity index (χ4v) is 2.94. The van der Waals surface area contributed by atoms with Gasteiger partial charge in [0.2, 0.25) is 0 Å². The second-order valence-electron chi connectivity index (χ2n) is 6.43. The Labute approximate surface area is 133 Å². The van der Waals surface area contributed by atoms with Crippen LogP contribution in [0.25, 0.3) is 0 Å². The minimum Gasteiger partial charge on any atom is -0.481 e. The molecule has 0 aliphatic carbocycles. The van der Waals surface area contributed by atoms with Gasteiger partial charge in [-0.15, -0.1) is 0 Å². The Morgan fingerprint density at radius 3 is 2.36 bits per heavy atom. The zero-order valence-corrected chi connectivity index (χ0v) is 13.8. The fraction of sp³-hybridized carbons (Fsp3) is 0.611. The van der Waals surface area contributed by atoms with Crippen molar-refractivity contribution in [3.63, 3.8) is 0 Å². The molecular formula is C18H28N2O2. The first-order valence-corrected chi connectivity index (χ1v) is 8.35. The highest BCUT2D eigenvalue weighted by molar-refractivity contribution is 5.67. The maximum atomic E-state index is 10.9. The number of hydrogen-bond donors (Lipinski definition) is 1. The summed E-state index contributed by atoms with van der Waals surface area (Å²) >= 11 is 0. The van der Waals surface area contributed by atoms with E-state index in [9.17, 15) is 4.79 Å². The Kier molecular flexibility index (Phi) is 6.25. The van der Waals surface area contributed by atoms with Gasteiger partial charge < -0.3 is 14.9 Å². The van der Waals surface area contributed by atoms with Crippen molar-refractivity contribution in [2.45, 2.75) is 39.0 Å². The summed E-state index contributed by atoms with van der Waals surface area (Å²) in [6.07, 6.45) is 2.77. The number of benzene rings is 1. The van der Waals surface area contributed by atoms with Gasteiger partial charge in [-0.3, -0.25) is 4.79 Å². The largest absolute Gasteiger partial charge is 0.481 e. The van der Waals surface area contributed by atoms with Gasteiger partial charge in [0, 0.05) is 25.3 Å². The van der Waals surface area contributed by atoms with Crippen molar-refractivity contribution >= 4 is 11.7 Å². The highest BCUT2D eigenvalue weighted by Gasteiger charge is 2.14. The van der Waals surface area contributed by atoms with Gasteiger partial charge in [-0.1, -0.05) is 26.0 Å². The molecule has 1 saturated heterocycles. The van der Waals surface area contributed by atoms with Crippen LogP contribution < -0.4 is 4.90 Å². The van der Waals surface area contributed by atoms with Crippen LogP contribution in [0.2, 0.25) is 0 Å². The lowest BCUT2D eigenvalue weighted by Gasteiger charge is -2.27. The van der Waals surface area contributed by atoms with Gasteiger partial charge in [0.05, 0.1) is 6.42 Å². The number of rotatable bonds is 8. The molecule has 1 aromatic carbocycles. The topological polar surface area (TPSA) is 43.8 Å². The summed E-state index contributed by atoms with van der Waals surface area (Å²) in [6, 6.07) is 8.57. The van der Waals surface area contributed by atoms with Crippen LogP contribution in [-0.4, -0.2) is 48.7 Å². The van der Waals surface area contributed by atoms with Crippen LogP contribution in [0.15, 0.2) is 24.3 Å². The highest BCUT2D eigenvalue weighted by Crippen LogP contribution is 2.20. The van der Waals surface area contributed by atoms with Crippen molar-refractivity contribution in [3.8, 4) is 0 Å². The summed E-state index contributed by atoms with van der Waals surface area (Å²) in [5.74, 6) is -0.212. The average molecular weight is 304 g/mol. The number of likely N-dealkylation sites (tertiary alicyclic amines) is 1. The van der Waals surface area contributed by atoms with E-state index in [-0.39, 0.29) is 6.42 Å². The fourth-order valence-electron chi connectivity index (χ4n) is 2.94. The SMILES string of the molecule is CC(C)c1ccc(N(CCC(=O)O)CCN2CCCC2)cc1. The molecule has 0 spiro atoms. The number of carboxylic acids is 1. The van der Waals surface area contributed by atoms with Crippen LogP contribution >= 0.6 is 0 Å². The number of carboxylic acid groups (broad SMARTS) is 1. The Balaban J connectivity index is 1.99. The molecule has 0 unspecified atom stereocenters. The van der Waals surface area contributed by atoms with Crippen molar-refractivity contribution in [2.24, 2.45) is 0 Å². The number of carbonyl (C=O) groups is 1. The zero-order valence-electron chi connectivity index (χ0n) is 13.8. The van der Waals surface area contributed by atoms with Gasteiger partial charge in [0.1, 0.15) is 0 Å². The number of aliphatic carboxylic acids is 1. The molecule has 0 bridgehead atoms. The summed E-state index contributed by atoms with van der Waals surface area (Å²) in [6.45, 7) is 9.22. The quantitative estimate of drug-likeness (QED) is 0.801. The molecule has 0 amide bonds. The monoisotopic (exact) mass is 304 g/mol. The third-order valence-electron chi connectivity index (χ3n) is 4.41. The molecule has 4 nitrogen and oxygen atoms in total. The van der Waals surface area contributed by atoms with Crippen molar-refractivity contribution in [2.75, 3.05) is 37.6 Å². The van der Waals surface area contributed by atoms with E-state index in [1.165, 1.54) is 31.5 Å². The van der Waals surface area contributed by atoms with Gasteiger partial charge in [0.15, 0.2) is 0 Å². The molecule has 1 heterocycles. The molecule has 1 fully saturated rings. The van der Waals surface area contributed by atoms with E-state index >= 15 is 0 Å². The third-order valence-corrected chi connectivity index (χ3v) is 4.41. The molecule has 1 aromatic rings. The normalized spacial score (nSPS) is 15.4. The molecule has 22 heavy (non-hydrogen) atoms. The first-order chi connectivity index (χ1) is 10.6. The second-order valence-corrected chi connectivity index (χ2v) is 6.43. The number of nitrogens with zero attached hydrogens (tertiary/aromatic N) is 2. The average Bonchev–Trinajstić information content (AvgIpc) is 3.00. The lowest BCUT2D eigenvalue weighted by Crippen LogP contribution is -2.35. The maximum Gasteiger partial charge on any atom is 0.305 e. The van der Waals surface area contributed by atoms with E-state index in [1.807, 2.05) is 0 Å². The predicted octanol–water partition coefficient (Wildman–Crippen LogP) is 3.19. The Morgan fingerprint density at radius 1 is 1.18 bits per heavy atom. The molecule has 0 radical (unpaired) electrons. The van der Waals surface area contributed by atoms with E-state index in [1.54, 1.807) is 0 Å². The summed E-state index contributed by atoms with van der Waals surface area (Å²) in [7, 11) is 0. The van der Waals surface area contributed by atoms with Gasteiger partial charge in [-0.25, -0.2) is 0 Å². The van der Waals surface area contributed by atoms with Gasteiger partial charge in [-0.2, -0.15) is 0 Å². The number of hydrogen-bond acceptors (Lipinski definition) is 3. The summed E-state index contributed by atoms with van der Waals surface area (Å²) < 4.78 is 0. The Bertz CT molecular complexity index is 464.